The average molecular weight is 228 g/mol. The number of benzene rings is 1. The molecule has 5 heteroatoms. The summed E-state index contributed by atoms with van der Waals surface area (Å²) in [5.74, 6) is 0.0406. The zero-order valence-electron chi connectivity index (χ0n) is 7.87. The molecule has 0 bridgehead atoms. The highest BCUT2D eigenvalue weighted by Crippen LogP contribution is 2.28. The molecule has 0 spiro atoms. The van der Waals surface area contributed by atoms with Crippen LogP contribution in [0, 0.1) is 0 Å². The summed E-state index contributed by atoms with van der Waals surface area (Å²) in [7, 11) is 0. The Bertz CT molecular complexity index is 394. The normalized spacial score (nSPS) is 20.6. The quantitative estimate of drug-likeness (QED) is 0.774. The third-order valence-electron chi connectivity index (χ3n) is 2.31. The Morgan fingerprint density at radius 1 is 1.53 bits per heavy atom. The third kappa shape index (κ3) is 2.15. The van der Waals surface area contributed by atoms with Crippen LogP contribution >= 0.6 is 11.6 Å². The fraction of sp³-hybridized carbons (Fsp3) is 0.300. The predicted octanol–water partition coefficient (Wildman–Crippen LogP) is 2.22. The Balaban J connectivity index is 2.21. The lowest BCUT2D eigenvalue weighted by molar-refractivity contribution is 0.115. The number of cyclic esters (lactones) is 1. The van der Waals surface area contributed by atoms with Gasteiger partial charge in [0.15, 0.2) is 0 Å². The lowest BCUT2D eigenvalue weighted by Crippen LogP contribution is -2.35. The fourth-order valence-corrected chi connectivity index (χ4v) is 1.70. The van der Waals surface area contributed by atoms with Crippen LogP contribution in [0.4, 0.5) is 4.79 Å². The van der Waals surface area contributed by atoms with Gasteiger partial charge in [0.2, 0.25) is 0 Å². The van der Waals surface area contributed by atoms with Crippen molar-refractivity contribution in [1.29, 1.82) is 0 Å². The van der Waals surface area contributed by atoms with E-state index in [0.717, 1.165) is 5.56 Å². The first-order valence-electron chi connectivity index (χ1n) is 4.58. The molecule has 15 heavy (non-hydrogen) atoms. The first kappa shape index (κ1) is 10.1. The smallest absolute Gasteiger partial charge is 0.407 e. The summed E-state index contributed by atoms with van der Waals surface area (Å²) in [5, 5.41) is 12.2. The van der Waals surface area contributed by atoms with Crippen molar-refractivity contribution in [2.75, 3.05) is 6.61 Å². The zero-order chi connectivity index (χ0) is 10.8. The first-order chi connectivity index (χ1) is 7.16. The molecule has 4 nitrogen and oxygen atoms in total. The van der Waals surface area contributed by atoms with Crippen molar-refractivity contribution < 1.29 is 14.6 Å². The van der Waals surface area contributed by atoms with E-state index in [0.29, 0.717) is 13.0 Å². The van der Waals surface area contributed by atoms with Gasteiger partial charge in [0.05, 0.1) is 17.7 Å². The summed E-state index contributed by atoms with van der Waals surface area (Å²) in [6, 6.07) is 4.80. The van der Waals surface area contributed by atoms with E-state index in [1.54, 1.807) is 12.1 Å². The van der Waals surface area contributed by atoms with Gasteiger partial charge in [-0.25, -0.2) is 4.79 Å². The summed E-state index contributed by atoms with van der Waals surface area (Å²) >= 11 is 5.78. The Hall–Kier alpha value is -1.42. The van der Waals surface area contributed by atoms with Crippen molar-refractivity contribution >= 4 is 17.7 Å². The predicted molar refractivity (Wildman–Crippen MR) is 55.0 cm³/mol. The molecule has 1 saturated heterocycles. The van der Waals surface area contributed by atoms with Crippen molar-refractivity contribution in [3.63, 3.8) is 0 Å². The number of alkyl carbamates (subject to hydrolysis) is 1. The summed E-state index contributed by atoms with van der Waals surface area (Å²) in [6.07, 6.45) is 0.280. The number of phenols is 1. The molecule has 0 aromatic heterocycles. The van der Waals surface area contributed by atoms with Crippen molar-refractivity contribution in [2.45, 2.75) is 12.5 Å². The highest BCUT2D eigenvalue weighted by molar-refractivity contribution is 6.32. The number of hydrogen-bond donors (Lipinski definition) is 2. The summed E-state index contributed by atoms with van der Waals surface area (Å²) in [6.45, 7) is 0.398. The van der Waals surface area contributed by atoms with E-state index in [9.17, 15) is 9.90 Å². The SMILES string of the molecule is O=C1N[C@@H](c2ccc(O)c(Cl)c2)CCO1. The molecule has 1 aliphatic heterocycles. The Morgan fingerprint density at radius 3 is 3.00 bits per heavy atom. The number of nitrogens with one attached hydrogen (secondary N) is 1. The van der Waals surface area contributed by atoms with Crippen LogP contribution in [-0.2, 0) is 4.74 Å². The van der Waals surface area contributed by atoms with E-state index in [4.69, 9.17) is 16.3 Å². The van der Waals surface area contributed by atoms with Gasteiger partial charge in [0, 0.05) is 6.42 Å². The maximum absolute atomic E-state index is 11.0. The molecule has 1 aromatic carbocycles. The monoisotopic (exact) mass is 227 g/mol. The van der Waals surface area contributed by atoms with Gasteiger partial charge in [-0.15, -0.1) is 0 Å². The third-order valence-corrected chi connectivity index (χ3v) is 2.61. The van der Waals surface area contributed by atoms with E-state index in [-0.39, 0.29) is 16.8 Å². The van der Waals surface area contributed by atoms with Gasteiger partial charge in [0.1, 0.15) is 5.75 Å². The Labute approximate surface area is 91.8 Å². The molecule has 0 radical (unpaired) electrons. The molecule has 2 N–H and O–H groups in total. The second-order valence-electron chi connectivity index (χ2n) is 3.33. The van der Waals surface area contributed by atoms with Gasteiger partial charge < -0.3 is 15.2 Å². The first-order valence-corrected chi connectivity index (χ1v) is 4.96. The molecule has 1 fully saturated rings. The fourth-order valence-electron chi connectivity index (χ4n) is 1.52. The van der Waals surface area contributed by atoms with Crippen molar-refractivity contribution in [3.8, 4) is 5.75 Å². The minimum absolute atomic E-state index is 0.0406. The minimum atomic E-state index is -0.421. The number of rotatable bonds is 1. The molecule has 80 valence electrons. The van der Waals surface area contributed by atoms with Gasteiger partial charge in [0.25, 0.3) is 0 Å². The number of carbonyl (C=O) groups is 1. The van der Waals surface area contributed by atoms with Crippen LogP contribution in [0.3, 0.4) is 0 Å². The zero-order valence-corrected chi connectivity index (χ0v) is 8.62. The number of halogens is 1. The van der Waals surface area contributed by atoms with Crippen LogP contribution < -0.4 is 5.32 Å². The van der Waals surface area contributed by atoms with Gasteiger partial charge in [-0.2, -0.15) is 0 Å². The van der Waals surface area contributed by atoms with Crippen LogP contribution in [0.1, 0.15) is 18.0 Å². The molecule has 1 atom stereocenters. The van der Waals surface area contributed by atoms with Gasteiger partial charge in [-0.05, 0) is 17.7 Å². The van der Waals surface area contributed by atoms with Crippen LogP contribution in [0.25, 0.3) is 0 Å². The van der Waals surface area contributed by atoms with Gasteiger partial charge >= 0.3 is 6.09 Å². The maximum Gasteiger partial charge on any atom is 0.407 e. The Morgan fingerprint density at radius 2 is 2.33 bits per heavy atom. The van der Waals surface area contributed by atoms with E-state index in [2.05, 4.69) is 5.32 Å². The molecule has 1 amide bonds. The largest absolute Gasteiger partial charge is 0.506 e. The number of hydrogen-bond acceptors (Lipinski definition) is 3. The number of amides is 1. The van der Waals surface area contributed by atoms with Crippen LogP contribution in [0.2, 0.25) is 5.02 Å². The second kappa shape index (κ2) is 3.98. The number of aromatic hydroxyl groups is 1. The van der Waals surface area contributed by atoms with Crippen molar-refractivity contribution in [2.24, 2.45) is 0 Å². The maximum atomic E-state index is 11.0. The number of phenolic OH excluding ortho intramolecular Hbond substituents is 1. The van der Waals surface area contributed by atoms with Crippen molar-refractivity contribution in [3.05, 3.63) is 28.8 Å². The molecule has 0 unspecified atom stereocenters. The van der Waals surface area contributed by atoms with E-state index in [1.165, 1.54) is 6.07 Å². The minimum Gasteiger partial charge on any atom is -0.506 e. The van der Waals surface area contributed by atoms with E-state index in [1.807, 2.05) is 0 Å². The highest BCUT2D eigenvalue weighted by Gasteiger charge is 2.21. The molecular weight excluding hydrogens is 218 g/mol. The molecular formula is C10H10ClNO3. The molecule has 2 rings (SSSR count). The molecule has 1 heterocycles. The number of carbonyl (C=O) groups excluding carboxylic acids is 1. The summed E-state index contributed by atoms with van der Waals surface area (Å²) in [4.78, 5) is 11.0. The average Bonchev–Trinajstić information content (AvgIpc) is 2.22. The van der Waals surface area contributed by atoms with Crippen LogP contribution in [0.15, 0.2) is 18.2 Å². The molecule has 0 aliphatic carbocycles. The number of ether oxygens (including phenoxy) is 1. The topological polar surface area (TPSA) is 58.6 Å². The highest BCUT2D eigenvalue weighted by atomic mass is 35.5. The Kier molecular flexibility index (Phi) is 2.68. The second-order valence-corrected chi connectivity index (χ2v) is 3.74. The molecule has 0 saturated carbocycles. The van der Waals surface area contributed by atoms with Crippen LogP contribution in [0.5, 0.6) is 5.75 Å². The lowest BCUT2D eigenvalue weighted by Gasteiger charge is -2.23. The molecule has 1 aromatic rings. The van der Waals surface area contributed by atoms with Crippen molar-refractivity contribution in [1.82, 2.24) is 5.32 Å². The van der Waals surface area contributed by atoms with Gasteiger partial charge in [-0.3, -0.25) is 0 Å². The van der Waals surface area contributed by atoms with E-state index >= 15 is 0 Å². The van der Waals surface area contributed by atoms with E-state index < -0.39 is 6.09 Å². The van der Waals surface area contributed by atoms with Gasteiger partial charge in [-0.1, -0.05) is 17.7 Å². The summed E-state index contributed by atoms with van der Waals surface area (Å²) in [5.41, 5.74) is 0.870. The lowest BCUT2D eigenvalue weighted by atomic mass is 10.0. The summed E-state index contributed by atoms with van der Waals surface area (Å²) < 4.78 is 4.75. The standard InChI is InChI=1S/C10H10ClNO3/c11-7-5-6(1-2-9(7)13)8-3-4-15-10(14)12-8/h1-2,5,8,13H,3-4H2,(H,12,14)/t8-/m1/s1. The van der Waals surface area contributed by atoms with Crippen LogP contribution in [-0.4, -0.2) is 17.8 Å². The molecule has 1 aliphatic rings.